The van der Waals surface area contributed by atoms with E-state index >= 15 is 0 Å². The number of carboxylic acid groups (broad SMARTS) is 1. The van der Waals surface area contributed by atoms with Crippen molar-refractivity contribution < 1.29 is 14.7 Å². The summed E-state index contributed by atoms with van der Waals surface area (Å²) in [6, 6.07) is 8.25. The van der Waals surface area contributed by atoms with Crippen LogP contribution in [0.2, 0.25) is 0 Å². The van der Waals surface area contributed by atoms with Gasteiger partial charge in [0.15, 0.2) is 0 Å². The zero-order valence-corrected chi connectivity index (χ0v) is 11.8. The average molecular weight is 288 g/mol. The van der Waals surface area contributed by atoms with E-state index in [4.69, 9.17) is 10.8 Å². The molecule has 0 aliphatic carbocycles. The Morgan fingerprint density at radius 3 is 2.57 bits per heavy atom. The molecule has 21 heavy (non-hydrogen) atoms. The highest BCUT2D eigenvalue weighted by molar-refractivity contribution is 6.08. The fraction of sp³-hybridized carbons (Fsp3) is 0.214. The Morgan fingerprint density at radius 2 is 2.05 bits per heavy atom. The molecule has 0 radical (unpaired) electrons. The summed E-state index contributed by atoms with van der Waals surface area (Å²) in [4.78, 5) is 24.8. The molecule has 0 aliphatic rings. The number of carbonyl (C=O) groups excluding carboxylic acids is 1. The van der Waals surface area contributed by atoms with E-state index in [1.807, 2.05) is 0 Å². The maximum atomic E-state index is 12.6. The second kappa shape index (κ2) is 5.66. The van der Waals surface area contributed by atoms with Crippen molar-refractivity contribution in [1.82, 2.24) is 9.78 Å². The number of aliphatic carboxylic acids is 1. The van der Waals surface area contributed by atoms with Crippen LogP contribution in [0.3, 0.4) is 0 Å². The minimum Gasteiger partial charge on any atom is -0.480 e. The number of nitrogen functional groups attached to an aromatic ring is 1. The molecule has 1 heterocycles. The number of benzene rings is 1. The number of amides is 1. The molecule has 0 aliphatic heterocycles. The lowest BCUT2D eigenvalue weighted by Gasteiger charge is -2.22. The molecule has 0 spiro atoms. The minimum absolute atomic E-state index is 0.303. The van der Waals surface area contributed by atoms with Crippen LogP contribution >= 0.6 is 0 Å². The van der Waals surface area contributed by atoms with Gasteiger partial charge in [0.1, 0.15) is 12.2 Å². The smallest absolute Gasteiger partial charge is 0.323 e. The van der Waals surface area contributed by atoms with Crippen molar-refractivity contribution in [3.63, 3.8) is 0 Å². The predicted molar refractivity (Wildman–Crippen MR) is 78.1 cm³/mol. The van der Waals surface area contributed by atoms with Crippen molar-refractivity contribution in [2.24, 2.45) is 7.05 Å². The van der Waals surface area contributed by atoms with Crippen molar-refractivity contribution in [1.29, 1.82) is 0 Å². The van der Waals surface area contributed by atoms with Crippen LogP contribution in [0.25, 0.3) is 0 Å². The third-order valence-electron chi connectivity index (χ3n) is 2.99. The molecule has 110 valence electrons. The number of nitrogens with zero attached hydrogens (tertiary/aromatic N) is 3. The van der Waals surface area contributed by atoms with Crippen molar-refractivity contribution in [3.05, 3.63) is 41.7 Å². The molecule has 1 amide bonds. The number of aromatic nitrogens is 2. The Hall–Kier alpha value is -2.83. The number of aryl methyl sites for hydroxylation is 2. The second-order valence-electron chi connectivity index (χ2n) is 4.64. The van der Waals surface area contributed by atoms with E-state index in [2.05, 4.69) is 5.10 Å². The summed E-state index contributed by atoms with van der Waals surface area (Å²) in [7, 11) is 1.63. The summed E-state index contributed by atoms with van der Waals surface area (Å²) in [5, 5.41) is 13.1. The van der Waals surface area contributed by atoms with E-state index in [9.17, 15) is 9.59 Å². The van der Waals surface area contributed by atoms with Gasteiger partial charge in [0.25, 0.3) is 5.91 Å². The minimum atomic E-state index is -1.12. The Morgan fingerprint density at radius 1 is 1.38 bits per heavy atom. The van der Waals surface area contributed by atoms with Crippen LogP contribution in [0.4, 0.5) is 11.4 Å². The number of carbonyl (C=O) groups is 2. The zero-order valence-electron chi connectivity index (χ0n) is 11.8. The first-order valence-corrected chi connectivity index (χ1v) is 6.29. The van der Waals surface area contributed by atoms with Gasteiger partial charge in [-0.2, -0.15) is 5.10 Å². The van der Waals surface area contributed by atoms with Crippen molar-refractivity contribution in [3.8, 4) is 0 Å². The number of hydrogen-bond acceptors (Lipinski definition) is 4. The molecule has 2 aromatic rings. The van der Waals surface area contributed by atoms with Gasteiger partial charge in [-0.3, -0.25) is 19.2 Å². The van der Waals surface area contributed by atoms with Crippen LogP contribution < -0.4 is 10.6 Å². The van der Waals surface area contributed by atoms with Gasteiger partial charge in [0.2, 0.25) is 0 Å². The third-order valence-corrected chi connectivity index (χ3v) is 2.99. The normalized spacial score (nSPS) is 10.4. The number of para-hydroxylation sites is 2. The van der Waals surface area contributed by atoms with Crippen LogP contribution in [0.5, 0.6) is 0 Å². The highest BCUT2D eigenvalue weighted by Gasteiger charge is 2.24. The molecule has 0 saturated carbocycles. The molecule has 0 atom stereocenters. The summed E-state index contributed by atoms with van der Waals surface area (Å²) < 4.78 is 1.42. The predicted octanol–water partition coefficient (Wildman–Crippen LogP) is 1.04. The highest BCUT2D eigenvalue weighted by Crippen LogP contribution is 2.24. The van der Waals surface area contributed by atoms with Crippen LogP contribution in [-0.4, -0.2) is 33.3 Å². The first kappa shape index (κ1) is 14.6. The summed E-state index contributed by atoms with van der Waals surface area (Å²) in [5.74, 6) is -1.58. The first-order valence-electron chi connectivity index (χ1n) is 6.29. The van der Waals surface area contributed by atoms with Gasteiger partial charge in [0.05, 0.1) is 17.1 Å². The molecule has 1 aromatic carbocycles. The van der Waals surface area contributed by atoms with E-state index in [1.165, 1.54) is 4.68 Å². The van der Waals surface area contributed by atoms with Crippen molar-refractivity contribution in [2.45, 2.75) is 6.92 Å². The van der Waals surface area contributed by atoms with Crippen LogP contribution in [0, 0.1) is 6.92 Å². The number of nitrogens with two attached hydrogens (primary N) is 1. The van der Waals surface area contributed by atoms with Crippen LogP contribution in [-0.2, 0) is 11.8 Å². The standard InChI is InChI=1S/C14H16N4O3/c1-9-7-12(17(2)16-9)14(21)18(8-13(19)20)11-6-4-3-5-10(11)15/h3-7H,8,15H2,1-2H3,(H,19,20). The van der Waals surface area contributed by atoms with E-state index < -0.39 is 18.4 Å². The fourth-order valence-electron chi connectivity index (χ4n) is 2.08. The Labute approximate surface area is 121 Å². The van der Waals surface area contributed by atoms with Gasteiger partial charge in [-0.1, -0.05) is 12.1 Å². The molecular weight excluding hydrogens is 272 g/mol. The van der Waals surface area contributed by atoms with E-state index in [0.29, 0.717) is 22.8 Å². The van der Waals surface area contributed by atoms with Gasteiger partial charge >= 0.3 is 5.97 Å². The molecule has 0 fully saturated rings. The van der Waals surface area contributed by atoms with Gasteiger partial charge in [-0.05, 0) is 25.1 Å². The molecule has 0 bridgehead atoms. The van der Waals surface area contributed by atoms with Gasteiger partial charge in [-0.25, -0.2) is 0 Å². The van der Waals surface area contributed by atoms with E-state index in [0.717, 1.165) is 4.90 Å². The van der Waals surface area contributed by atoms with E-state index in [-0.39, 0.29) is 0 Å². The van der Waals surface area contributed by atoms with Gasteiger partial charge in [-0.15, -0.1) is 0 Å². The van der Waals surface area contributed by atoms with Crippen LogP contribution in [0.1, 0.15) is 16.2 Å². The average Bonchev–Trinajstić information content (AvgIpc) is 2.75. The summed E-state index contributed by atoms with van der Waals surface area (Å²) in [6.45, 7) is 1.28. The largest absolute Gasteiger partial charge is 0.480 e. The van der Waals surface area contributed by atoms with Gasteiger partial charge < -0.3 is 10.8 Å². The molecule has 0 saturated heterocycles. The monoisotopic (exact) mass is 288 g/mol. The van der Waals surface area contributed by atoms with E-state index in [1.54, 1.807) is 44.3 Å². The maximum absolute atomic E-state index is 12.6. The molecule has 7 nitrogen and oxygen atoms in total. The molecule has 3 N–H and O–H groups in total. The lowest BCUT2D eigenvalue weighted by Crippen LogP contribution is -2.37. The quantitative estimate of drug-likeness (QED) is 0.819. The number of rotatable bonds is 4. The summed E-state index contributed by atoms with van der Waals surface area (Å²) >= 11 is 0. The summed E-state index contributed by atoms with van der Waals surface area (Å²) in [5.41, 5.74) is 7.53. The molecule has 0 unspecified atom stereocenters. The maximum Gasteiger partial charge on any atom is 0.323 e. The van der Waals surface area contributed by atoms with Crippen LogP contribution in [0.15, 0.2) is 30.3 Å². The van der Waals surface area contributed by atoms with Crippen molar-refractivity contribution in [2.75, 3.05) is 17.2 Å². The first-order chi connectivity index (χ1) is 9.90. The van der Waals surface area contributed by atoms with Crippen molar-refractivity contribution >= 4 is 23.3 Å². The Balaban J connectivity index is 2.46. The second-order valence-corrected chi connectivity index (χ2v) is 4.64. The SMILES string of the molecule is Cc1cc(C(=O)N(CC(=O)O)c2ccccc2N)n(C)n1. The zero-order chi connectivity index (χ0) is 15.6. The number of carboxylic acids is 1. The fourth-order valence-corrected chi connectivity index (χ4v) is 2.08. The highest BCUT2D eigenvalue weighted by atomic mass is 16.4. The molecular formula is C14H16N4O3. The molecule has 7 heteroatoms. The molecule has 2 rings (SSSR count). The lowest BCUT2D eigenvalue weighted by molar-refractivity contribution is -0.135. The number of hydrogen-bond donors (Lipinski definition) is 2. The third kappa shape index (κ3) is 3.02. The Kier molecular flexibility index (Phi) is 3.93. The summed E-state index contributed by atoms with van der Waals surface area (Å²) in [6.07, 6.45) is 0. The Bertz CT molecular complexity index is 693. The molecule has 1 aromatic heterocycles. The number of anilines is 2. The van der Waals surface area contributed by atoms with Gasteiger partial charge in [0, 0.05) is 7.05 Å². The lowest BCUT2D eigenvalue weighted by atomic mass is 10.2. The topological polar surface area (TPSA) is 101 Å².